The summed E-state index contributed by atoms with van der Waals surface area (Å²) in [7, 11) is 0. The lowest BCUT2D eigenvalue weighted by Gasteiger charge is -2.26. The van der Waals surface area contributed by atoms with E-state index in [4.69, 9.17) is 4.74 Å². The number of benzene rings is 2. The monoisotopic (exact) mass is 378 g/mol. The zero-order valence-corrected chi connectivity index (χ0v) is 16.2. The number of para-hydroxylation sites is 2. The first-order valence-electron chi connectivity index (χ1n) is 9.76. The van der Waals surface area contributed by atoms with Gasteiger partial charge in [-0.2, -0.15) is 0 Å². The topological polar surface area (TPSA) is 58.6 Å². The number of amides is 2. The number of nitrogens with zero attached hydrogens (tertiary/aromatic N) is 1. The Balaban J connectivity index is 1.66. The van der Waals surface area contributed by atoms with Gasteiger partial charge in [0.05, 0.1) is 5.56 Å². The van der Waals surface area contributed by atoms with Crippen LogP contribution in [0.3, 0.4) is 0 Å². The highest BCUT2D eigenvalue weighted by Gasteiger charge is 2.19. The van der Waals surface area contributed by atoms with E-state index in [0.29, 0.717) is 23.5 Å². The Kier molecular flexibility index (Phi) is 6.84. The number of hydrogen-bond acceptors (Lipinski definition) is 3. The molecule has 5 heteroatoms. The number of nitrogens with one attached hydrogen (secondary N) is 1. The molecule has 0 spiro atoms. The van der Waals surface area contributed by atoms with Crippen molar-refractivity contribution in [2.24, 2.45) is 0 Å². The van der Waals surface area contributed by atoms with Crippen LogP contribution in [0.4, 0.5) is 5.69 Å². The highest BCUT2D eigenvalue weighted by molar-refractivity contribution is 6.06. The Morgan fingerprint density at radius 2 is 1.79 bits per heavy atom. The molecule has 0 radical (unpaired) electrons. The largest absolute Gasteiger partial charge is 0.483 e. The Bertz CT molecular complexity index is 846. The molecule has 2 aromatic rings. The second kappa shape index (κ2) is 9.74. The third-order valence-electron chi connectivity index (χ3n) is 4.75. The van der Waals surface area contributed by atoms with Gasteiger partial charge >= 0.3 is 0 Å². The van der Waals surface area contributed by atoms with E-state index < -0.39 is 0 Å². The number of rotatable bonds is 7. The minimum absolute atomic E-state index is 0.0890. The van der Waals surface area contributed by atoms with Crippen molar-refractivity contribution in [2.75, 3.05) is 18.5 Å². The van der Waals surface area contributed by atoms with E-state index in [0.717, 1.165) is 25.0 Å². The van der Waals surface area contributed by atoms with E-state index in [-0.39, 0.29) is 18.4 Å². The number of ether oxygens (including phenoxy) is 1. The molecule has 0 aliphatic heterocycles. The predicted octanol–water partition coefficient (Wildman–Crippen LogP) is 4.62. The van der Waals surface area contributed by atoms with Crippen LogP contribution < -0.4 is 10.1 Å². The second-order valence-electron chi connectivity index (χ2n) is 6.68. The van der Waals surface area contributed by atoms with E-state index in [2.05, 4.69) is 11.4 Å². The van der Waals surface area contributed by atoms with Crippen LogP contribution in [-0.2, 0) is 4.79 Å². The molecule has 0 aromatic heterocycles. The van der Waals surface area contributed by atoms with Gasteiger partial charge in [-0.15, -0.1) is 0 Å². The molecule has 0 atom stereocenters. The zero-order valence-electron chi connectivity index (χ0n) is 16.2. The molecule has 0 unspecified atom stereocenters. The van der Waals surface area contributed by atoms with E-state index in [1.54, 1.807) is 29.2 Å². The van der Waals surface area contributed by atoms with Gasteiger partial charge in [0.2, 0.25) is 0 Å². The molecule has 28 heavy (non-hydrogen) atoms. The average Bonchev–Trinajstić information content (AvgIpc) is 2.74. The second-order valence-corrected chi connectivity index (χ2v) is 6.68. The summed E-state index contributed by atoms with van der Waals surface area (Å²) >= 11 is 0. The molecule has 0 saturated heterocycles. The molecule has 1 aliphatic carbocycles. The first-order chi connectivity index (χ1) is 13.7. The third kappa shape index (κ3) is 5.00. The molecule has 0 heterocycles. The Labute approximate surface area is 166 Å². The number of carbonyl (C=O) groups excluding carboxylic acids is 2. The molecule has 0 fully saturated rings. The van der Waals surface area contributed by atoms with Crippen molar-refractivity contribution in [3.63, 3.8) is 0 Å². The molecule has 146 valence electrons. The van der Waals surface area contributed by atoms with E-state index >= 15 is 0 Å². The van der Waals surface area contributed by atoms with Crippen LogP contribution in [0.25, 0.3) is 0 Å². The minimum atomic E-state index is -0.267. The van der Waals surface area contributed by atoms with Gasteiger partial charge in [0.15, 0.2) is 6.61 Å². The summed E-state index contributed by atoms with van der Waals surface area (Å²) in [5.41, 5.74) is 2.19. The van der Waals surface area contributed by atoms with Gasteiger partial charge in [-0.05, 0) is 56.9 Å². The van der Waals surface area contributed by atoms with Crippen LogP contribution in [0, 0.1) is 0 Å². The minimum Gasteiger partial charge on any atom is -0.483 e. The summed E-state index contributed by atoms with van der Waals surface area (Å²) in [6.07, 6.45) is 6.37. The molecular weight excluding hydrogens is 352 g/mol. The van der Waals surface area contributed by atoms with Crippen molar-refractivity contribution in [1.82, 2.24) is 4.90 Å². The van der Waals surface area contributed by atoms with Crippen molar-refractivity contribution in [3.05, 3.63) is 71.9 Å². The maximum absolute atomic E-state index is 12.7. The fourth-order valence-electron chi connectivity index (χ4n) is 3.32. The van der Waals surface area contributed by atoms with E-state index in [1.807, 2.05) is 37.3 Å². The van der Waals surface area contributed by atoms with Gasteiger partial charge in [-0.3, -0.25) is 9.59 Å². The molecule has 1 N–H and O–H groups in total. The van der Waals surface area contributed by atoms with Crippen molar-refractivity contribution in [3.8, 4) is 5.75 Å². The number of likely N-dealkylation sites (N-methyl/N-ethyl adjacent to an activating group) is 1. The summed E-state index contributed by atoms with van der Waals surface area (Å²) in [6.45, 7) is 2.49. The first kappa shape index (κ1) is 19.7. The lowest BCUT2D eigenvalue weighted by molar-refractivity contribution is -0.131. The maximum atomic E-state index is 12.7. The van der Waals surface area contributed by atoms with Gasteiger partial charge < -0.3 is 15.0 Å². The van der Waals surface area contributed by atoms with Crippen molar-refractivity contribution >= 4 is 17.5 Å². The van der Waals surface area contributed by atoms with Crippen molar-refractivity contribution in [2.45, 2.75) is 32.6 Å². The number of anilines is 1. The molecule has 0 bridgehead atoms. The molecule has 5 nitrogen and oxygen atoms in total. The van der Waals surface area contributed by atoms with Crippen molar-refractivity contribution in [1.29, 1.82) is 0 Å². The van der Waals surface area contributed by atoms with Gasteiger partial charge in [0.1, 0.15) is 5.75 Å². The summed E-state index contributed by atoms with van der Waals surface area (Å²) in [5.74, 6) is 0.0449. The Morgan fingerprint density at radius 3 is 2.50 bits per heavy atom. The molecule has 1 aliphatic rings. The fourth-order valence-corrected chi connectivity index (χ4v) is 3.32. The quantitative estimate of drug-likeness (QED) is 0.764. The van der Waals surface area contributed by atoms with Gasteiger partial charge in [-0.25, -0.2) is 0 Å². The van der Waals surface area contributed by atoms with Crippen LogP contribution >= 0.6 is 0 Å². The fraction of sp³-hybridized carbons (Fsp3) is 0.304. The van der Waals surface area contributed by atoms with Crippen LogP contribution in [-0.4, -0.2) is 29.9 Å². The van der Waals surface area contributed by atoms with Gasteiger partial charge in [-0.1, -0.05) is 36.4 Å². The van der Waals surface area contributed by atoms with Crippen LogP contribution in [0.1, 0.15) is 43.0 Å². The number of hydrogen-bond donors (Lipinski definition) is 1. The summed E-state index contributed by atoms with van der Waals surface area (Å²) < 4.78 is 5.75. The molecular formula is C23H26N2O3. The van der Waals surface area contributed by atoms with Crippen LogP contribution in [0.5, 0.6) is 5.75 Å². The summed E-state index contributed by atoms with van der Waals surface area (Å²) in [5, 5.41) is 2.85. The highest BCUT2D eigenvalue weighted by Crippen LogP contribution is 2.23. The predicted molar refractivity (Wildman–Crippen MR) is 110 cm³/mol. The Hall–Kier alpha value is -3.08. The van der Waals surface area contributed by atoms with Crippen LogP contribution in [0.15, 0.2) is 66.4 Å². The van der Waals surface area contributed by atoms with E-state index in [1.165, 1.54) is 6.42 Å². The first-order valence-corrected chi connectivity index (χ1v) is 9.76. The lowest BCUT2D eigenvalue weighted by atomic mass is 10.0. The molecule has 0 saturated carbocycles. The molecule has 2 aromatic carbocycles. The van der Waals surface area contributed by atoms with E-state index in [9.17, 15) is 9.59 Å². The van der Waals surface area contributed by atoms with Crippen molar-refractivity contribution < 1.29 is 14.3 Å². The molecule has 3 rings (SSSR count). The third-order valence-corrected chi connectivity index (χ3v) is 4.75. The summed E-state index contributed by atoms with van der Waals surface area (Å²) in [4.78, 5) is 27.1. The number of allylic oxidation sites excluding steroid dienone is 2. The molecule has 2 amide bonds. The summed E-state index contributed by atoms with van der Waals surface area (Å²) in [6, 6.07) is 16.2. The lowest BCUT2D eigenvalue weighted by Crippen LogP contribution is -2.34. The standard InChI is InChI=1S/C23H26N2O3/c1-2-25(19-13-7-4-8-14-19)22(26)17-28-21-16-10-9-15-20(21)23(27)24-18-11-5-3-6-12-18/h3,5-6,9-13,15-16H,2,4,7-8,14,17H2,1H3,(H,24,27). The van der Waals surface area contributed by atoms with Gasteiger partial charge in [0.25, 0.3) is 11.8 Å². The smallest absolute Gasteiger partial charge is 0.264 e. The van der Waals surface area contributed by atoms with Crippen LogP contribution in [0.2, 0.25) is 0 Å². The number of carbonyl (C=O) groups is 2. The zero-order chi connectivity index (χ0) is 19.8. The maximum Gasteiger partial charge on any atom is 0.264 e. The normalized spacial score (nSPS) is 13.4. The Morgan fingerprint density at radius 1 is 1.04 bits per heavy atom. The highest BCUT2D eigenvalue weighted by atomic mass is 16.5. The SMILES string of the molecule is CCN(C(=O)COc1ccccc1C(=O)Nc1ccccc1)C1=CCCCC1. The average molecular weight is 378 g/mol. The van der Waals surface area contributed by atoms with Gasteiger partial charge in [0, 0.05) is 17.9 Å².